The van der Waals surface area contributed by atoms with Gasteiger partial charge in [-0.2, -0.15) is 0 Å². The first-order valence-electron chi connectivity index (χ1n) is 10.9. The lowest BCUT2D eigenvalue weighted by Gasteiger charge is -2.11. The molecule has 4 heterocycles. The van der Waals surface area contributed by atoms with Crippen LogP contribution in [0.4, 0.5) is 5.82 Å². The zero-order valence-electron chi connectivity index (χ0n) is 18.9. The molecule has 0 aliphatic rings. The number of nitrogens with two attached hydrogens (primary N) is 1. The van der Waals surface area contributed by atoms with E-state index in [1.807, 2.05) is 65.2 Å². The Bertz CT molecular complexity index is 1510. The molecule has 0 spiro atoms. The predicted molar refractivity (Wildman–Crippen MR) is 131 cm³/mol. The first-order valence-corrected chi connectivity index (χ1v) is 10.9. The fourth-order valence-corrected chi connectivity index (χ4v) is 3.73. The van der Waals surface area contributed by atoms with E-state index in [0.717, 1.165) is 16.8 Å². The molecule has 0 unspecified atom stereocenters. The van der Waals surface area contributed by atoms with Crippen molar-refractivity contribution in [2.75, 3.05) is 5.73 Å². The third-order valence-corrected chi connectivity index (χ3v) is 5.49. The summed E-state index contributed by atoms with van der Waals surface area (Å²) in [6, 6.07) is 18.6. The standard InChI is InChI=1S/C26H22N6O3/c1-16(34)35-15-18-6-9-21(29-13-18)22-10-11-23-26(30-22)32(19-7-4-17(14-33)5-8-19)25(31-23)20-3-2-12-28-24(20)27/h2-13,33H,14-15H2,1H3,(H2,27,28). The molecule has 35 heavy (non-hydrogen) atoms. The third-order valence-electron chi connectivity index (χ3n) is 5.49. The van der Waals surface area contributed by atoms with Gasteiger partial charge >= 0.3 is 5.97 Å². The van der Waals surface area contributed by atoms with Gasteiger partial charge in [0.05, 0.1) is 23.6 Å². The highest BCUT2D eigenvalue weighted by Crippen LogP contribution is 2.31. The average molecular weight is 467 g/mol. The zero-order chi connectivity index (χ0) is 24.4. The van der Waals surface area contributed by atoms with Crippen LogP contribution in [0.2, 0.25) is 0 Å². The van der Waals surface area contributed by atoms with Crippen molar-refractivity contribution in [3.63, 3.8) is 0 Å². The second-order valence-electron chi connectivity index (χ2n) is 7.90. The summed E-state index contributed by atoms with van der Waals surface area (Å²) in [4.78, 5) is 29.5. The summed E-state index contributed by atoms with van der Waals surface area (Å²) in [6.45, 7) is 1.49. The number of hydrogen-bond acceptors (Lipinski definition) is 8. The molecule has 0 amide bonds. The van der Waals surface area contributed by atoms with Gasteiger partial charge in [-0.25, -0.2) is 15.0 Å². The number of aliphatic hydroxyl groups excluding tert-OH is 1. The number of esters is 1. The van der Waals surface area contributed by atoms with Gasteiger partial charge in [-0.15, -0.1) is 0 Å². The number of ether oxygens (including phenoxy) is 1. The Labute approximate surface area is 200 Å². The van der Waals surface area contributed by atoms with Crippen LogP contribution in [0.1, 0.15) is 18.1 Å². The predicted octanol–water partition coefficient (Wildman–Crippen LogP) is 3.68. The molecule has 0 aliphatic carbocycles. The summed E-state index contributed by atoms with van der Waals surface area (Å²) < 4.78 is 6.95. The van der Waals surface area contributed by atoms with Crippen LogP contribution in [0.15, 0.2) is 73.1 Å². The molecule has 5 rings (SSSR count). The van der Waals surface area contributed by atoms with Crippen LogP contribution in [0.25, 0.3) is 39.6 Å². The van der Waals surface area contributed by atoms with E-state index in [1.54, 1.807) is 12.4 Å². The lowest BCUT2D eigenvalue weighted by atomic mass is 10.2. The molecule has 0 bridgehead atoms. The number of aromatic nitrogens is 5. The molecule has 1 aromatic carbocycles. The number of rotatable bonds is 6. The molecule has 4 aromatic heterocycles. The number of aliphatic hydroxyl groups is 1. The van der Waals surface area contributed by atoms with Crippen LogP contribution in [-0.2, 0) is 22.7 Å². The second-order valence-corrected chi connectivity index (χ2v) is 7.90. The van der Waals surface area contributed by atoms with E-state index in [0.29, 0.717) is 39.8 Å². The summed E-state index contributed by atoms with van der Waals surface area (Å²) >= 11 is 0. The molecule has 0 radical (unpaired) electrons. The highest BCUT2D eigenvalue weighted by molar-refractivity contribution is 5.84. The Kier molecular flexibility index (Phi) is 5.90. The SMILES string of the molecule is CC(=O)OCc1ccc(-c2ccc3nc(-c4cccnc4N)n(-c4ccc(CO)cc4)c3n2)nc1. The fourth-order valence-electron chi connectivity index (χ4n) is 3.73. The molecular weight excluding hydrogens is 444 g/mol. The number of carbonyl (C=O) groups is 1. The van der Waals surface area contributed by atoms with Crippen LogP contribution in [0.5, 0.6) is 0 Å². The maximum atomic E-state index is 11.1. The molecule has 0 saturated heterocycles. The Morgan fingerprint density at radius 2 is 1.74 bits per heavy atom. The number of nitrogens with zero attached hydrogens (tertiary/aromatic N) is 5. The lowest BCUT2D eigenvalue weighted by molar-refractivity contribution is -0.142. The maximum Gasteiger partial charge on any atom is 0.302 e. The minimum absolute atomic E-state index is 0.0467. The minimum atomic E-state index is -0.341. The van der Waals surface area contributed by atoms with Crippen LogP contribution in [-0.4, -0.2) is 35.6 Å². The van der Waals surface area contributed by atoms with Crippen LogP contribution >= 0.6 is 0 Å². The van der Waals surface area contributed by atoms with E-state index in [4.69, 9.17) is 20.4 Å². The van der Waals surface area contributed by atoms with Crippen molar-refractivity contribution in [2.24, 2.45) is 0 Å². The van der Waals surface area contributed by atoms with Crippen molar-refractivity contribution in [1.82, 2.24) is 24.5 Å². The molecule has 0 fully saturated rings. The summed E-state index contributed by atoms with van der Waals surface area (Å²) in [5, 5.41) is 9.45. The summed E-state index contributed by atoms with van der Waals surface area (Å²) in [5.74, 6) is 0.629. The third kappa shape index (κ3) is 4.44. The summed E-state index contributed by atoms with van der Waals surface area (Å²) in [5.41, 5.74) is 11.9. The maximum absolute atomic E-state index is 11.1. The number of hydrogen-bond donors (Lipinski definition) is 2. The van der Waals surface area contributed by atoms with E-state index in [2.05, 4.69) is 9.97 Å². The monoisotopic (exact) mass is 466 g/mol. The van der Waals surface area contributed by atoms with Gasteiger partial charge in [0, 0.05) is 30.6 Å². The van der Waals surface area contributed by atoms with Gasteiger partial charge in [0.25, 0.3) is 0 Å². The van der Waals surface area contributed by atoms with Gasteiger partial charge < -0.3 is 15.6 Å². The Morgan fingerprint density at radius 1 is 0.971 bits per heavy atom. The van der Waals surface area contributed by atoms with Gasteiger partial charge in [-0.3, -0.25) is 14.3 Å². The highest BCUT2D eigenvalue weighted by atomic mass is 16.5. The topological polar surface area (TPSA) is 129 Å². The van der Waals surface area contributed by atoms with E-state index in [1.165, 1.54) is 6.92 Å². The van der Waals surface area contributed by atoms with Gasteiger partial charge in [0.2, 0.25) is 0 Å². The number of fused-ring (bicyclic) bond motifs is 1. The Morgan fingerprint density at radius 3 is 2.43 bits per heavy atom. The second kappa shape index (κ2) is 9.32. The Hall–Kier alpha value is -4.63. The van der Waals surface area contributed by atoms with Gasteiger partial charge in [-0.1, -0.05) is 18.2 Å². The van der Waals surface area contributed by atoms with Crippen LogP contribution < -0.4 is 5.73 Å². The van der Waals surface area contributed by atoms with Crippen LogP contribution in [0, 0.1) is 0 Å². The molecule has 0 saturated carbocycles. The van der Waals surface area contributed by atoms with Gasteiger partial charge in [0.1, 0.15) is 17.9 Å². The van der Waals surface area contributed by atoms with Crippen molar-refractivity contribution in [2.45, 2.75) is 20.1 Å². The van der Waals surface area contributed by atoms with Crippen molar-refractivity contribution in [1.29, 1.82) is 0 Å². The molecule has 0 atom stereocenters. The molecular formula is C26H22N6O3. The molecule has 0 aliphatic heterocycles. The summed E-state index contributed by atoms with van der Waals surface area (Å²) in [6.07, 6.45) is 3.30. The number of benzene rings is 1. The normalized spacial score (nSPS) is 11.0. The van der Waals surface area contributed by atoms with Crippen LogP contribution in [0.3, 0.4) is 0 Å². The fraction of sp³-hybridized carbons (Fsp3) is 0.115. The highest BCUT2D eigenvalue weighted by Gasteiger charge is 2.19. The van der Waals surface area contributed by atoms with Crippen molar-refractivity contribution in [3.8, 4) is 28.5 Å². The summed E-state index contributed by atoms with van der Waals surface area (Å²) in [7, 11) is 0. The van der Waals surface area contributed by atoms with E-state index in [-0.39, 0.29) is 19.2 Å². The van der Waals surface area contributed by atoms with Gasteiger partial charge in [-0.05, 0) is 48.0 Å². The van der Waals surface area contributed by atoms with Gasteiger partial charge in [0.15, 0.2) is 11.5 Å². The van der Waals surface area contributed by atoms with E-state index < -0.39 is 0 Å². The van der Waals surface area contributed by atoms with E-state index >= 15 is 0 Å². The minimum Gasteiger partial charge on any atom is -0.461 e. The first-order chi connectivity index (χ1) is 17.0. The first kappa shape index (κ1) is 22.2. The molecule has 174 valence electrons. The quantitative estimate of drug-likeness (QED) is 0.363. The number of nitrogen functional groups attached to an aromatic ring is 1. The number of pyridine rings is 3. The molecule has 9 heteroatoms. The van der Waals surface area contributed by atoms with Crippen molar-refractivity contribution < 1.29 is 14.6 Å². The Balaban J connectivity index is 1.64. The number of carbonyl (C=O) groups excluding carboxylic acids is 1. The number of anilines is 1. The average Bonchev–Trinajstić information content (AvgIpc) is 3.26. The molecule has 3 N–H and O–H groups in total. The van der Waals surface area contributed by atoms with Crippen molar-refractivity contribution >= 4 is 23.0 Å². The lowest BCUT2D eigenvalue weighted by Crippen LogP contribution is -2.02. The molecule has 9 nitrogen and oxygen atoms in total. The molecule has 5 aromatic rings. The zero-order valence-corrected chi connectivity index (χ0v) is 18.9. The van der Waals surface area contributed by atoms with Crippen molar-refractivity contribution in [3.05, 3.63) is 84.2 Å². The van der Waals surface area contributed by atoms with E-state index in [9.17, 15) is 9.90 Å². The smallest absolute Gasteiger partial charge is 0.302 e. The largest absolute Gasteiger partial charge is 0.461 e. The number of imidazole rings is 1.